The average Bonchev–Trinajstić information content (AvgIpc) is 2.28. The van der Waals surface area contributed by atoms with E-state index in [-0.39, 0.29) is 17.9 Å². The molecule has 2 unspecified atom stereocenters. The van der Waals surface area contributed by atoms with E-state index in [1.807, 2.05) is 12.1 Å². The third kappa shape index (κ3) is 1.83. The van der Waals surface area contributed by atoms with Crippen LogP contribution < -0.4 is 5.73 Å². The molecule has 0 bridgehead atoms. The third-order valence-electron chi connectivity index (χ3n) is 3.32. The van der Waals surface area contributed by atoms with Gasteiger partial charge in [-0.05, 0) is 30.9 Å². The molecule has 3 nitrogen and oxygen atoms in total. The Balaban J connectivity index is 2.32. The molecular weight excluding hydrogens is 202 g/mol. The van der Waals surface area contributed by atoms with Gasteiger partial charge in [0.1, 0.15) is 0 Å². The van der Waals surface area contributed by atoms with Crippen LogP contribution in [0.1, 0.15) is 29.2 Å². The molecule has 2 atom stereocenters. The maximum Gasteiger partial charge on any atom is 0.310 e. The number of fused-ring (bicyclic) bond motifs is 1. The summed E-state index contributed by atoms with van der Waals surface area (Å²) in [4.78, 5) is 11.6. The normalized spacial score (nSPS) is 23.7. The average molecular weight is 219 g/mol. The van der Waals surface area contributed by atoms with E-state index < -0.39 is 0 Å². The lowest BCUT2D eigenvalue weighted by atomic mass is 9.79. The van der Waals surface area contributed by atoms with Gasteiger partial charge in [-0.1, -0.05) is 23.8 Å². The van der Waals surface area contributed by atoms with Crippen molar-refractivity contribution in [2.75, 3.05) is 7.11 Å². The highest BCUT2D eigenvalue weighted by Crippen LogP contribution is 2.33. The van der Waals surface area contributed by atoms with Crippen molar-refractivity contribution in [2.24, 2.45) is 11.7 Å². The molecular formula is C13H17NO2. The van der Waals surface area contributed by atoms with Gasteiger partial charge in [0, 0.05) is 6.04 Å². The number of benzene rings is 1. The van der Waals surface area contributed by atoms with Crippen molar-refractivity contribution in [1.29, 1.82) is 0 Å². The second-order valence-electron chi connectivity index (χ2n) is 4.40. The Morgan fingerprint density at radius 1 is 1.50 bits per heavy atom. The van der Waals surface area contributed by atoms with E-state index in [1.54, 1.807) is 0 Å². The van der Waals surface area contributed by atoms with E-state index in [4.69, 9.17) is 10.5 Å². The van der Waals surface area contributed by atoms with Crippen LogP contribution in [-0.4, -0.2) is 13.1 Å². The molecule has 0 aliphatic heterocycles. The molecule has 1 aromatic rings. The van der Waals surface area contributed by atoms with Gasteiger partial charge in [0.05, 0.1) is 13.0 Å². The van der Waals surface area contributed by atoms with Crippen LogP contribution >= 0.6 is 0 Å². The molecule has 1 aromatic carbocycles. The standard InChI is InChI=1S/C13H17NO2/c1-8-3-5-10-9(7-8)4-6-11(12(10)14)13(15)16-2/h3,5,7,11-12H,4,6,14H2,1-2H3. The van der Waals surface area contributed by atoms with Gasteiger partial charge in [-0.3, -0.25) is 4.79 Å². The van der Waals surface area contributed by atoms with Crippen molar-refractivity contribution in [3.05, 3.63) is 34.9 Å². The number of rotatable bonds is 1. The van der Waals surface area contributed by atoms with Crippen molar-refractivity contribution >= 4 is 5.97 Å². The molecule has 86 valence electrons. The summed E-state index contributed by atoms with van der Waals surface area (Å²) in [7, 11) is 1.42. The van der Waals surface area contributed by atoms with Gasteiger partial charge in [0.25, 0.3) is 0 Å². The van der Waals surface area contributed by atoms with Gasteiger partial charge in [0.15, 0.2) is 0 Å². The van der Waals surface area contributed by atoms with Crippen LogP contribution in [0.2, 0.25) is 0 Å². The first-order valence-corrected chi connectivity index (χ1v) is 5.56. The zero-order valence-electron chi connectivity index (χ0n) is 9.69. The molecule has 0 fully saturated rings. The second-order valence-corrected chi connectivity index (χ2v) is 4.40. The van der Waals surface area contributed by atoms with Crippen molar-refractivity contribution in [3.8, 4) is 0 Å². The molecule has 2 rings (SSSR count). The van der Waals surface area contributed by atoms with Crippen LogP contribution in [0.3, 0.4) is 0 Å². The quantitative estimate of drug-likeness (QED) is 0.732. The Morgan fingerprint density at radius 2 is 2.25 bits per heavy atom. The summed E-state index contributed by atoms with van der Waals surface area (Å²) in [6, 6.07) is 6.00. The highest BCUT2D eigenvalue weighted by molar-refractivity contribution is 5.74. The van der Waals surface area contributed by atoms with E-state index >= 15 is 0 Å². The minimum Gasteiger partial charge on any atom is -0.469 e. The first kappa shape index (κ1) is 11.1. The third-order valence-corrected chi connectivity index (χ3v) is 3.32. The minimum absolute atomic E-state index is 0.194. The molecule has 0 spiro atoms. The SMILES string of the molecule is COC(=O)C1CCc2cc(C)ccc2C1N. The number of esters is 1. The topological polar surface area (TPSA) is 52.3 Å². The molecule has 0 saturated heterocycles. The first-order chi connectivity index (χ1) is 7.63. The molecule has 16 heavy (non-hydrogen) atoms. The number of aryl methyl sites for hydroxylation is 2. The predicted molar refractivity (Wildman–Crippen MR) is 61.9 cm³/mol. The highest BCUT2D eigenvalue weighted by Gasteiger charge is 2.32. The van der Waals surface area contributed by atoms with E-state index in [0.717, 1.165) is 18.4 Å². The first-order valence-electron chi connectivity index (χ1n) is 5.56. The number of carbonyl (C=O) groups is 1. The van der Waals surface area contributed by atoms with E-state index in [1.165, 1.54) is 18.2 Å². The fourth-order valence-corrected chi connectivity index (χ4v) is 2.40. The number of hydrogen-bond acceptors (Lipinski definition) is 3. The van der Waals surface area contributed by atoms with Crippen molar-refractivity contribution in [1.82, 2.24) is 0 Å². The summed E-state index contributed by atoms with van der Waals surface area (Å²) in [5, 5.41) is 0. The van der Waals surface area contributed by atoms with Crippen molar-refractivity contribution in [2.45, 2.75) is 25.8 Å². The summed E-state index contributed by atoms with van der Waals surface area (Å²) < 4.78 is 4.78. The zero-order chi connectivity index (χ0) is 11.7. The lowest BCUT2D eigenvalue weighted by Gasteiger charge is -2.29. The number of nitrogens with two attached hydrogens (primary N) is 1. The number of carbonyl (C=O) groups excluding carboxylic acids is 1. The lowest BCUT2D eigenvalue weighted by Crippen LogP contribution is -2.33. The second kappa shape index (κ2) is 4.26. The predicted octanol–water partition coefficient (Wildman–Crippen LogP) is 1.73. The zero-order valence-corrected chi connectivity index (χ0v) is 9.69. The van der Waals surface area contributed by atoms with Gasteiger partial charge >= 0.3 is 5.97 Å². The van der Waals surface area contributed by atoms with Gasteiger partial charge in [-0.2, -0.15) is 0 Å². The van der Waals surface area contributed by atoms with E-state index in [2.05, 4.69) is 13.0 Å². The molecule has 0 radical (unpaired) electrons. The molecule has 3 heteroatoms. The Bertz CT molecular complexity index is 414. The van der Waals surface area contributed by atoms with Crippen molar-refractivity contribution < 1.29 is 9.53 Å². The molecule has 2 N–H and O–H groups in total. The number of methoxy groups -OCH3 is 1. The summed E-state index contributed by atoms with van der Waals surface area (Å²) in [6.07, 6.45) is 1.69. The van der Waals surface area contributed by atoms with Gasteiger partial charge in [0.2, 0.25) is 0 Å². The number of hydrogen-bond donors (Lipinski definition) is 1. The summed E-state index contributed by atoms with van der Waals surface area (Å²) in [5.74, 6) is -0.390. The number of ether oxygens (including phenoxy) is 1. The van der Waals surface area contributed by atoms with Crippen LogP contribution in [0.15, 0.2) is 18.2 Å². The maximum absolute atomic E-state index is 11.6. The molecule has 0 heterocycles. The Hall–Kier alpha value is -1.35. The van der Waals surface area contributed by atoms with Crippen LogP contribution in [-0.2, 0) is 16.0 Å². The van der Waals surface area contributed by atoms with Gasteiger partial charge in [-0.25, -0.2) is 0 Å². The lowest BCUT2D eigenvalue weighted by molar-refractivity contribution is -0.146. The summed E-state index contributed by atoms with van der Waals surface area (Å²) in [5.41, 5.74) is 9.72. The largest absolute Gasteiger partial charge is 0.469 e. The minimum atomic E-state index is -0.225. The Labute approximate surface area is 95.6 Å². The molecule has 1 aliphatic carbocycles. The maximum atomic E-state index is 11.6. The van der Waals surface area contributed by atoms with Crippen LogP contribution in [0.4, 0.5) is 0 Å². The summed E-state index contributed by atoms with van der Waals surface area (Å²) >= 11 is 0. The van der Waals surface area contributed by atoms with Crippen molar-refractivity contribution in [3.63, 3.8) is 0 Å². The monoisotopic (exact) mass is 219 g/mol. The van der Waals surface area contributed by atoms with E-state index in [0.29, 0.717) is 0 Å². The highest BCUT2D eigenvalue weighted by atomic mass is 16.5. The Kier molecular flexibility index (Phi) is 2.97. The fraction of sp³-hybridized carbons (Fsp3) is 0.462. The molecule has 1 aliphatic rings. The molecule has 0 saturated carbocycles. The molecule has 0 aromatic heterocycles. The van der Waals surface area contributed by atoms with Crippen LogP contribution in [0.5, 0.6) is 0 Å². The Morgan fingerprint density at radius 3 is 2.94 bits per heavy atom. The van der Waals surface area contributed by atoms with Gasteiger partial charge < -0.3 is 10.5 Å². The van der Waals surface area contributed by atoms with Crippen LogP contribution in [0.25, 0.3) is 0 Å². The van der Waals surface area contributed by atoms with Crippen LogP contribution in [0, 0.1) is 12.8 Å². The molecule has 0 amide bonds. The summed E-state index contributed by atoms with van der Waals surface area (Å²) in [6.45, 7) is 2.07. The van der Waals surface area contributed by atoms with E-state index in [9.17, 15) is 4.79 Å². The smallest absolute Gasteiger partial charge is 0.310 e. The van der Waals surface area contributed by atoms with Gasteiger partial charge in [-0.15, -0.1) is 0 Å². The fourth-order valence-electron chi connectivity index (χ4n) is 2.40.